The van der Waals surface area contributed by atoms with E-state index in [-0.39, 0.29) is 0 Å². The van der Waals surface area contributed by atoms with E-state index in [4.69, 9.17) is 9.97 Å². The van der Waals surface area contributed by atoms with Gasteiger partial charge in [0.25, 0.3) is 0 Å². The Balaban J connectivity index is 1.10. The number of fused-ring (bicyclic) bond motifs is 1. The van der Waals surface area contributed by atoms with Crippen LogP contribution in [0, 0.1) is 18.8 Å². The van der Waals surface area contributed by atoms with E-state index in [1.165, 1.54) is 0 Å². The molecule has 0 radical (unpaired) electrons. The Morgan fingerprint density at radius 2 is 1.67 bits per heavy atom. The summed E-state index contributed by atoms with van der Waals surface area (Å²) < 4.78 is 30.1. The van der Waals surface area contributed by atoms with Crippen LogP contribution in [0.1, 0.15) is 37.7 Å². The molecule has 1 fully saturated rings. The fourth-order valence-corrected chi connectivity index (χ4v) is 6.20. The van der Waals surface area contributed by atoms with Gasteiger partial charge >= 0.3 is 0 Å². The van der Waals surface area contributed by atoms with Crippen LogP contribution < -0.4 is 15.4 Å². The van der Waals surface area contributed by atoms with Crippen LogP contribution in [0.25, 0.3) is 10.9 Å². The van der Waals surface area contributed by atoms with E-state index >= 15 is 0 Å². The second kappa shape index (κ2) is 12.6. The molecule has 0 saturated heterocycles. The number of hydrogen-bond donors (Lipinski definition) is 3. The van der Waals surface area contributed by atoms with Crippen LogP contribution in [-0.4, -0.2) is 47.6 Å². The molecule has 10 heteroatoms. The van der Waals surface area contributed by atoms with Gasteiger partial charge in [-0.05, 0) is 75.1 Å². The van der Waals surface area contributed by atoms with Crippen molar-refractivity contribution in [3.8, 4) is 0 Å². The highest BCUT2D eigenvalue weighted by molar-refractivity contribution is 7.89. The van der Waals surface area contributed by atoms with Crippen molar-refractivity contribution in [1.82, 2.24) is 24.2 Å². The minimum atomic E-state index is -3.47. The molecular formula is C29H37N7O2S. The molecule has 0 bridgehead atoms. The van der Waals surface area contributed by atoms with Crippen LogP contribution in [0.3, 0.4) is 0 Å². The minimum Gasteiger partial charge on any atom is -0.369 e. The summed E-state index contributed by atoms with van der Waals surface area (Å²) in [6.45, 7) is 4.94. The number of aryl methyl sites for hydroxylation is 2. The Morgan fingerprint density at radius 1 is 0.923 bits per heavy atom. The summed E-state index contributed by atoms with van der Waals surface area (Å²) in [4.78, 5) is 14.0. The number of anilines is 2. The third-order valence-electron chi connectivity index (χ3n) is 7.46. The Kier molecular flexibility index (Phi) is 8.73. The molecule has 3 N–H and O–H groups in total. The molecule has 206 valence electrons. The van der Waals surface area contributed by atoms with Gasteiger partial charge in [-0.15, -0.1) is 0 Å². The number of nitrogens with zero attached hydrogens (tertiary/aromatic N) is 4. The van der Waals surface area contributed by atoms with E-state index in [2.05, 4.69) is 24.9 Å². The van der Waals surface area contributed by atoms with E-state index < -0.39 is 10.0 Å². The molecule has 9 nitrogen and oxygen atoms in total. The molecule has 2 heterocycles. The molecule has 1 saturated carbocycles. The van der Waals surface area contributed by atoms with Gasteiger partial charge in [-0.1, -0.05) is 29.8 Å². The standard InChI is InChI=1S/C29H37N7O2S/c1-22-7-13-25(14-8-22)39(37,38)33-20-24-11-9-23(10-12-24)19-32-29-34-27-6-3-2-5-26(27)28(35-29)31-15-4-17-36-18-16-30-21-36/h2-3,5-8,13-14,16,18,21,23-24,33H,4,9-12,15,17,19-20H2,1H3,(H2,31,32,34,35)/t23-,24-. The zero-order valence-electron chi connectivity index (χ0n) is 22.4. The summed E-state index contributed by atoms with van der Waals surface area (Å²) in [5.41, 5.74) is 1.96. The highest BCUT2D eigenvalue weighted by Crippen LogP contribution is 2.29. The first-order chi connectivity index (χ1) is 19.0. The highest BCUT2D eigenvalue weighted by Gasteiger charge is 2.23. The smallest absolute Gasteiger partial charge is 0.240 e. The number of sulfonamides is 1. The topological polar surface area (TPSA) is 114 Å². The van der Waals surface area contributed by atoms with E-state index in [1.807, 2.05) is 55.8 Å². The lowest BCUT2D eigenvalue weighted by Crippen LogP contribution is -2.32. The van der Waals surface area contributed by atoms with Gasteiger partial charge in [-0.3, -0.25) is 0 Å². The van der Waals surface area contributed by atoms with Gasteiger partial charge in [0.2, 0.25) is 16.0 Å². The van der Waals surface area contributed by atoms with Crippen LogP contribution in [0.4, 0.5) is 11.8 Å². The molecule has 0 spiro atoms. The Labute approximate surface area is 230 Å². The quantitative estimate of drug-likeness (QED) is 0.218. The molecule has 0 unspecified atom stereocenters. The van der Waals surface area contributed by atoms with E-state index in [0.29, 0.717) is 29.2 Å². The summed E-state index contributed by atoms with van der Waals surface area (Å²) in [5.74, 6) is 2.35. The van der Waals surface area contributed by atoms with Crippen molar-refractivity contribution in [2.75, 3.05) is 30.3 Å². The third-order valence-corrected chi connectivity index (χ3v) is 8.90. The van der Waals surface area contributed by atoms with E-state index in [1.54, 1.807) is 18.3 Å². The van der Waals surface area contributed by atoms with Crippen molar-refractivity contribution in [3.05, 3.63) is 72.8 Å². The van der Waals surface area contributed by atoms with Gasteiger partial charge in [-0.25, -0.2) is 23.1 Å². The zero-order valence-corrected chi connectivity index (χ0v) is 23.2. The molecule has 0 aliphatic heterocycles. The zero-order chi connectivity index (χ0) is 27.1. The maximum atomic E-state index is 12.6. The first-order valence-corrected chi connectivity index (χ1v) is 15.2. The number of para-hydroxylation sites is 1. The number of benzene rings is 2. The predicted molar refractivity (Wildman–Crippen MR) is 155 cm³/mol. The summed E-state index contributed by atoms with van der Waals surface area (Å²) in [6, 6.07) is 15.1. The average molecular weight is 548 g/mol. The molecule has 39 heavy (non-hydrogen) atoms. The van der Waals surface area contributed by atoms with Gasteiger partial charge < -0.3 is 15.2 Å². The van der Waals surface area contributed by atoms with Gasteiger partial charge in [0.05, 0.1) is 16.7 Å². The number of aromatic nitrogens is 4. The average Bonchev–Trinajstić information content (AvgIpc) is 3.47. The minimum absolute atomic E-state index is 0.327. The molecular weight excluding hydrogens is 510 g/mol. The summed E-state index contributed by atoms with van der Waals surface area (Å²) in [7, 11) is -3.47. The maximum Gasteiger partial charge on any atom is 0.240 e. The largest absolute Gasteiger partial charge is 0.369 e. The highest BCUT2D eigenvalue weighted by atomic mass is 32.2. The molecule has 2 aromatic heterocycles. The van der Waals surface area contributed by atoms with Crippen LogP contribution >= 0.6 is 0 Å². The van der Waals surface area contributed by atoms with Gasteiger partial charge in [0.15, 0.2) is 0 Å². The van der Waals surface area contributed by atoms with Crippen LogP contribution in [0.15, 0.2) is 72.1 Å². The molecule has 2 aromatic carbocycles. The first-order valence-electron chi connectivity index (χ1n) is 13.7. The van der Waals surface area contributed by atoms with Crippen molar-refractivity contribution in [3.63, 3.8) is 0 Å². The number of imidazole rings is 1. The van der Waals surface area contributed by atoms with Crippen molar-refractivity contribution in [2.24, 2.45) is 11.8 Å². The number of rotatable bonds is 12. The lowest BCUT2D eigenvalue weighted by Gasteiger charge is -2.28. The number of nitrogens with one attached hydrogen (secondary N) is 3. The van der Waals surface area contributed by atoms with Crippen molar-refractivity contribution in [1.29, 1.82) is 0 Å². The molecule has 0 atom stereocenters. The third kappa shape index (κ3) is 7.33. The van der Waals surface area contributed by atoms with Crippen molar-refractivity contribution >= 4 is 32.7 Å². The van der Waals surface area contributed by atoms with Crippen molar-refractivity contribution in [2.45, 2.75) is 50.5 Å². The summed E-state index contributed by atoms with van der Waals surface area (Å²) in [6.07, 6.45) is 10.7. The Morgan fingerprint density at radius 3 is 2.41 bits per heavy atom. The van der Waals surface area contributed by atoms with Gasteiger partial charge in [0, 0.05) is 44.0 Å². The Hall–Kier alpha value is -3.50. The second-order valence-corrected chi connectivity index (χ2v) is 12.2. The Bertz CT molecular complexity index is 1450. The first kappa shape index (κ1) is 27.1. The second-order valence-electron chi connectivity index (χ2n) is 10.4. The normalized spacial score (nSPS) is 17.8. The van der Waals surface area contributed by atoms with Gasteiger partial charge in [-0.2, -0.15) is 4.98 Å². The fraction of sp³-hybridized carbons (Fsp3) is 0.414. The van der Waals surface area contributed by atoms with Crippen LogP contribution in [0.5, 0.6) is 0 Å². The van der Waals surface area contributed by atoms with Crippen LogP contribution in [-0.2, 0) is 16.6 Å². The summed E-state index contributed by atoms with van der Waals surface area (Å²) in [5, 5.41) is 7.98. The van der Waals surface area contributed by atoms with Gasteiger partial charge in [0.1, 0.15) is 5.82 Å². The molecule has 1 aliphatic carbocycles. The maximum absolute atomic E-state index is 12.6. The molecule has 4 aromatic rings. The van der Waals surface area contributed by atoms with E-state index in [9.17, 15) is 8.42 Å². The SMILES string of the molecule is Cc1ccc(S(=O)(=O)NC[C@H]2CC[C@H](CNc3nc(NCCCn4ccnc4)c4ccccc4n3)CC2)cc1. The molecule has 1 aliphatic rings. The predicted octanol–water partition coefficient (Wildman–Crippen LogP) is 4.83. The summed E-state index contributed by atoms with van der Waals surface area (Å²) >= 11 is 0. The van der Waals surface area contributed by atoms with Crippen LogP contribution in [0.2, 0.25) is 0 Å². The monoisotopic (exact) mass is 547 g/mol. The lowest BCUT2D eigenvalue weighted by molar-refractivity contribution is 0.284. The molecule has 0 amide bonds. The number of hydrogen-bond acceptors (Lipinski definition) is 7. The van der Waals surface area contributed by atoms with E-state index in [0.717, 1.165) is 74.0 Å². The van der Waals surface area contributed by atoms with Crippen molar-refractivity contribution < 1.29 is 8.42 Å². The molecule has 5 rings (SSSR count). The fourth-order valence-electron chi connectivity index (χ4n) is 5.08. The lowest BCUT2D eigenvalue weighted by atomic mass is 9.82.